The number of nitrogens with one attached hydrogen (secondary N) is 2. The first-order valence-electron chi connectivity index (χ1n) is 7.46. The predicted molar refractivity (Wildman–Crippen MR) is 80.9 cm³/mol. The van der Waals surface area contributed by atoms with Gasteiger partial charge in [-0.2, -0.15) is 0 Å². The van der Waals surface area contributed by atoms with E-state index in [-0.39, 0.29) is 11.1 Å². The molecule has 5 nitrogen and oxygen atoms in total. The van der Waals surface area contributed by atoms with Crippen molar-refractivity contribution in [2.24, 2.45) is 5.92 Å². The van der Waals surface area contributed by atoms with Crippen LogP contribution in [0.3, 0.4) is 0 Å². The number of hydrogen-bond donors (Lipinski definition) is 2. The summed E-state index contributed by atoms with van der Waals surface area (Å²) in [7, 11) is 0. The first-order valence-corrected chi connectivity index (χ1v) is 7.46. The normalized spacial score (nSPS) is 17.6. The molecule has 0 bridgehead atoms. The topological polar surface area (TPSA) is 61.0 Å². The highest BCUT2D eigenvalue weighted by Gasteiger charge is 2.32. The van der Waals surface area contributed by atoms with Crippen molar-refractivity contribution in [2.45, 2.75) is 39.7 Å². The summed E-state index contributed by atoms with van der Waals surface area (Å²) in [6.07, 6.45) is 0.842. The van der Waals surface area contributed by atoms with E-state index in [1.165, 1.54) is 0 Å². The van der Waals surface area contributed by atoms with Gasteiger partial charge in [-0.15, -0.1) is 0 Å². The zero-order valence-corrected chi connectivity index (χ0v) is 13.0. The van der Waals surface area contributed by atoms with E-state index < -0.39 is 0 Å². The maximum atomic E-state index is 11.9. The highest BCUT2D eigenvalue weighted by molar-refractivity contribution is 5.10. The van der Waals surface area contributed by atoms with Gasteiger partial charge in [0.2, 0.25) is 0 Å². The monoisotopic (exact) mass is 278 g/mol. The third kappa shape index (κ3) is 3.46. The molecule has 0 aliphatic carbocycles. The van der Waals surface area contributed by atoms with Crippen LogP contribution in [0.25, 0.3) is 0 Å². The van der Waals surface area contributed by atoms with Crippen LogP contribution in [-0.4, -0.2) is 41.0 Å². The molecule has 0 amide bonds. The SMILES string of the molecule is CC(C)Cc1cc(=O)[nH]c(C(C)(C)N2CCNCC2)n1. The molecule has 0 aromatic carbocycles. The number of piperazine rings is 1. The Labute approximate surface area is 120 Å². The fourth-order valence-corrected chi connectivity index (χ4v) is 2.69. The molecule has 1 aromatic rings. The van der Waals surface area contributed by atoms with E-state index in [4.69, 9.17) is 4.98 Å². The lowest BCUT2D eigenvalue weighted by Gasteiger charge is -2.40. The van der Waals surface area contributed by atoms with E-state index in [9.17, 15) is 4.79 Å². The highest BCUT2D eigenvalue weighted by Crippen LogP contribution is 2.24. The number of nitrogens with zero attached hydrogens (tertiary/aromatic N) is 2. The molecular weight excluding hydrogens is 252 g/mol. The second-order valence-electron chi connectivity index (χ2n) is 6.48. The van der Waals surface area contributed by atoms with Crippen molar-refractivity contribution in [3.05, 3.63) is 27.9 Å². The van der Waals surface area contributed by atoms with Crippen molar-refractivity contribution >= 4 is 0 Å². The first kappa shape index (κ1) is 15.2. The van der Waals surface area contributed by atoms with Gasteiger partial charge in [0.05, 0.1) is 5.54 Å². The van der Waals surface area contributed by atoms with E-state index in [0.717, 1.165) is 44.1 Å². The van der Waals surface area contributed by atoms with Crippen molar-refractivity contribution in [1.29, 1.82) is 0 Å². The van der Waals surface area contributed by atoms with E-state index in [1.54, 1.807) is 6.07 Å². The van der Waals surface area contributed by atoms with Crippen LogP contribution < -0.4 is 10.9 Å². The summed E-state index contributed by atoms with van der Waals surface area (Å²) in [6, 6.07) is 1.62. The quantitative estimate of drug-likeness (QED) is 0.866. The molecular formula is C15H26N4O. The van der Waals surface area contributed by atoms with E-state index in [1.807, 2.05) is 0 Å². The summed E-state index contributed by atoms with van der Waals surface area (Å²) in [5.41, 5.74) is 0.602. The van der Waals surface area contributed by atoms with Gasteiger partial charge in [0.15, 0.2) is 0 Å². The standard InChI is InChI=1S/C15H26N4O/c1-11(2)9-12-10-13(20)18-14(17-12)15(3,4)19-7-5-16-6-8-19/h10-11,16H,5-9H2,1-4H3,(H,17,18,20). The van der Waals surface area contributed by atoms with Crippen molar-refractivity contribution in [3.8, 4) is 0 Å². The maximum absolute atomic E-state index is 11.9. The molecule has 112 valence electrons. The summed E-state index contributed by atoms with van der Waals surface area (Å²) in [5, 5.41) is 3.35. The predicted octanol–water partition coefficient (Wildman–Crippen LogP) is 1.11. The van der Waals surface area contributed by atoms with Crippen molar-refractivity contribution in [3.63, 3.8) is 0 Å². The zero-order chi connectivity index (χ0) is 14.8. The molecule has 2 heterocycles. The average molecular weight is 278 g/mol. The molecule has 2 N–H and O–H groups in total. The summed E-state index contributed by atoms with van der Waals surface area (Å²) < 4.78 is 0. The van der Waals surface area contributed by atoms with E-state index in [2.05, 4.69) is 42.9 Å². The summed E-state index contributed by atoms with van der Waals surface area (Å²) in [4.78, 5) is 21.9. The second kappa shape index (κ2) is 6.06. The summed E-state index contributed by atoms with van der Waals surface area (Å²) in [6.45, 7) is 12.5. The molecule has 1 aliphatic rings. The van der Waals surface area contributed by atoms with Crippen LogP contribution in [0.5, 0.6) is 0 Å². The molecule has 1 aromatic heterocycles. The number of rotatable bonds is 4. The van der Waals surface area contributed by atoms with Crippen molar-refractivity contribution in [1.82, 2.24) is 20.2 Å². The van der Waals surface area contributed by atoms with Gasteiger partial charge >= 0.3 is 0 Å². The molecule has 20 heavy (non-hydrogen) atoms. The Morgan fingerprint density at radius 1 is 1.35 bits per heavy atom. The van der Waals surface area contributed by atoms with Crippen LogP contribution in [0.1, 0.15) is 39.2 Å². The van der Waals surface area contributed by atoms with Crippen LogP contribution in [0.15, 0.2) is 10.9 Å². The molecule has 0 spiro atoms. The molecule has 0 unspecified atom stereocenters. The Bertz CT molecular complexity index is 501. The molecule has 2 rings (SSSR count). The number of aromatic nitrogens is 2. The molecule has 0 radical (unpaired) electrons. The number of H-pyrrole nitrogens is 1. The van der Waals surface area contributed by atoms with Gasteiger partial charge in [0.1, 0.15) is 5.82 Å². The number of aromatic amines is 1. The van der Waals surface area contributed by atoms with Gasteiger partial charge in [-0.1, -0.05) is 13.8 Å². The van der Waals surface area contributed by atoms with Crippen LogP contribution in [-0.2, 0) is 12.0 Å². The Morgan fingerprint density at radius 3 is 2.60 bits per heavy atom. The van der Waals surface area contributed by atoms with Crippen LogP contribution in [0, 0.1) is 5.92 Å². The first-order chi connectivity index (χ1) is 9.39. The summed E-state index contributed by atoms with van der Waals surface area (Å²) in [5.74, 6) is 1.28. The average Bonchev–Trinajstić information content (AvgIpc) is 2.38. The third-order valence-corrected chi connectivity index (χ3v) is 3.90. The number of hydrogen-bond acceptors (Lipinski definition) is 4. The van der Waals surface area contributed by atoms with Crippen LogP contribution in [0.2, 0.25) is 0 Å². The Morgan fingerprint density at radius 2 is 2.00 bits per heavy atom. The lowest BCUT2D eigenvalue weighted by atomic mass is 9.99. The largest absolute Gasteiger partial charge is 0.314 e. The highest BCUT2D eigenvalue weighted by atomic mass is 16.1. The van der Waals surface area contributed by atoms with Crippen LogP contribution in [0.4, 0.5) is 0 Å². The van der Waals surface area contributed by atoms with Crippen molar-refractivity contribution < 1.29 is 0 Å². The Hall–Kier alpha value is -1.20. The van der Waals surface area contributed by atoms with E-state index >= 15 is 0 Å². The minimum Gasteiger partial charge on any atom is -0.314 e. The molecule has 0 saturated carbocycles. The Kier molecular flexibility index (Phi) is 4.60. The van der Waals surface area contributed by atoms with Crippen LogP contribution >= 0.6 is 0 Å². The second-order valence-corrected chi connectivity index (χ2v) is 6.48. The van der Waals surface area contributed by atoms with Crippen molar-refractivity contribution in [2.75, 3.05) is 26.2 Å². The summed E-state index contributed by atoms with van der Waals surface area (Å²) >= 11 is 0. The van der Waals surface area contributed by atoms with E-state index in [0.29, 0.717) is 5.92 Å². The molecule has 1 saturated heterocycles. The molecule has 1 fully saturated rings. The fourth-order valence-electron chi connectivity index (χ4n) is 2.69. The van der Waals surface area contributed by atoms with Gasteiger partial charge in [0.25, 0.3) is 5.56 Å². The van der Waals surface area contributed by atoms with Gasteiger partial charge in [0, 0.05) is 37.9 Å². The lowest BCUT2D eigenvalue weighted by Crippen LogP contribution is -2.52. The van der Waals surface area contributed by atoms with Gasteiger partial charge in [-0.3, -0.25) is 9.69 Å². The van der Waals surface area contributed by atoms with Gasteiger partial charge in [-0.05, 0) is 26.2 Å². The maximum Gasteiger partial charge on any atom is 0.251 e. The zero-order valence-electron chi connectivity index (χ0n) is 13.0. The minimum absolute atomic E-state index is 0.0474. The minimum atomic E-state index is -0.242. The molecule has 0 atom stereocenters. The fraction of sp³-hybridized carbons (Fsp3) is 0.733. The molecule has 5 heteroatoms. The van der Waals surface area contributed by atoms with Gasteiger partial charge in [-0.25, -0.2) is 4.98 Å². The molecule has 1 aliphatic heterocycles. The van der Waals surface area contributed by atoms with Gasteiger partial charge < -0.3 is 10.3 Å². The Balaban J connectivity index is 2.30. The smallest absolute Gasteiger partial charge is 0.251 e. The third-order valence-electron chi connectivity index (χ3n) is 3.90. The lowest BCUT2D eigenvalue weighted by molar-refractivity contribution is 0.0943.